The molecule has 0 aliphatic rings. The lowest BCUT2D eigenvalue weighted by molar-refractivity contribution is -0.115. The normalized spacial score (nSPS) is 11.1. The maximum Gasteiger partial charge on any atom is 0.227 e. The van der Waals surface area contributed by atoms with Crippen molar-refractivity contribution in [1.29, 1.82) is 0 Å². The van der Waals surface area contributed by atoms with Crippen LogP contribution in [0.1, 0.15) is 13.8 Å². The van der Waals surface area contributed by atoms with Crippen molar-refractivity contribution in [2.45, 2.75) is 22.3 Å². The molecule has 2 rings (SSSR count). The van der Waals surface area contributed by atoms with E-state index in [-0.39, 0.29) is 25.9 Å². The summed E-state index contributed by atoms with van der Waals surface area (Å²) in [6.07, 6.45) is 0. The highest BCUT2D eigenvalue weighted by atomic mass is 32.3. The molecular formula is C12H12N2O4S3. The molecule has 0 aliphatic heterocycles. The van der Waals surface area contributed by atoms with E-state index < -0.39 is 9.84 Å². The fraction of sp³-hybridized carbons (Fsp3) is 0.167. The van der Waals surface area contributed by atoms with Gasteiger partial charge in [0.1, 0.15) is 8.42 Å². The van der Waals surface area contributed by atoms with Crippen LogP contribution < -0.4 is 10.6 Å². The molecule has 2 aromatic heterocycles. The van der Waals surface area contributed by atoms with Gasteiger partial charge in [-0.1, -0.05) is 0 Å². The summed E-state index contributed by atoms with van der Waals surface area (Å²) in [5.41, 5.74) is 0.266. The largest absolute Gasteiger partial charge is 0.324 e. The van der Waals surface area contributed by atoms with Crippen molar-refractivity contribution in [3.63, 3.8) is 0 Å². The van der Waals surface area contributed by atoms with E-state index in [1.54, 1.807) is 11.4 Å². The molecule has 0 saturated carbocycles. The average molecular weight is 344 g/mol. The van der Waals surface area contributed by atoms with Crippen molar-refractivity contribution < 1.29 is 18.0 Å². The summed E-state index contributed by atoms with van der Waals surface area (Å²) < 4.78 is 25.3. The van der Waals surface area contributed by atoms with Gasteiger partial charge in [0.25, 0.3) is 0 Å². The van der Waals surface area contributed by atoms with Gasteiger partial charge in [0.15, 0.2) is 0 Å². The van der Waals surface area contributed by atoms with Crippen molar-refractivity contribution in [2.24, 2.45) is 0 Å². The highest BCUT2D eigenvalue weighted by Crippen LogP contribution is 2.36. The minimum Gasteiger partial charge on any atom is -0.324 e. The van der Waals surface area contributed by atoms with Crippen LogP contribution in [-0.4, -0.2) is 20.2 Å². The van der Waals surface area contributed by atoms with Gasteiger partial charge >= 0.3 is 0 Å². The van der Waals surface area contributed by atoms with Crippen LogP contribution in [0.2, 0.25) is 0 Å². The van der Waals surface area contributed by atoms with Crippen molar-refractivity contribution in [2.75, 3.05) is 10.6 Å². The van der Waals surface area contributed by atoms with E-state index in [0.717, 1.165) is 22.7 Å². The first-order valence-electron chi connectivity index (χ1n) is 5.78. The van der Waals surface area contributed by atoms with Crippen LogP contribution in [0.3, 0.4) is 0 Å². The third kappa shape index (κ3) is 3.49. The van der Waals surface area contributed by atoms with Gasteiger partial charge in [-0.2, -0.15) is 0 Å². The number of rotatable bonds is 4. The summed E-state index contributed by atoms with van der Waals surface area (Å²) in [6, 6.07) is 4.51. The fourth-order valence-electron chi connectivity index (χ4n) is 1.58. The number of thiophene rings is 2. The van der Waals surface area contributed by atoms with E-state index in [1.165, 1.54) is 26.0 Å². The molecule has 2 heterocycles. The highest BCUT2D eigenvalue weighted by molar-refractivity contribution is 7.95. The van der Waals surface area contributed by atoms with Crippen LogP contribution in [0.5, 0.6) is 0 Å². The number of hydrogen-bond acceptors (Lipinski definition) is 6. The lowest BCUT2D eigenvalue weighted by Crippen LogP contribution is -2.08. The number of amides is 2. The van der Waals surface area contributed by atoms with Crippen LogP contribution >= 0.6 is 22.7 Å². The Balaban J connectivity index is 2.38. The number of carbonyl (C=O) groups excluding carboxylic acids is 2. The summed E-state index contributed by atoms with van der Waals surface area (Å²) >= 11 is 2.00. The summed E-state index contributed by atoms with van der Waals surface area (Å²) in [6.45, 7) is 2.66. The topological polar surface area (TPSA) is 92.3 Å². The molecule has 0 unspecified atom stereocenters. The lowest BCUT2D eigenvalue weighted by atomic mass is 10.5. The molecule has 112 valence electrons. The van der Waals surface area contributed by atoms with E-state index >= 15 is 0 Å². The predicted octanol–water partition coefficient (Wildman–Crippen LogP) is 2.56. The number of hydrogen-bond donors (Lipinski definition) is 2. The molecule has 0 spiro atoms. The van der Waals surface area contributed by atoms with Gasteiger partial charge in [-0.25, -0.2) is 8.42 Å². The zero-order valence-corrected chi connectivity index (χ0v) is 13.6. The average Bonchev–Trinajstić information content (AvgIpc) is 2.96. The zero-order valence-electron chi connectivity index (χ0n) is 11.2. The van der Waals surface area contributed by atoms with Crippen LogP contribution in [0, 0.1) is 0 Å². The Morgan fingerprint density at radius 3 is 2.33 bits per heavy atom. The predicted molar refractivity (Wildman–Crippen MR) is 82.7 cm³/mol. The Hall–Kier alpha value is -1.71. The second kappa shape index (κ2) is 5.96. The summed E-state index contributed by atoms with van der Waals surface area (Å²) in [5, 5.41) is 7.09. The van der Waals surface area contributed by atoms with Crippen molar-refractivity contribution >= 4 is 55.0 Å². The second-order valence-electron chi connectivity index (χ2n) is 4.11. The molecule has 0 aliphatic carbocycles. The van der Waals surface area contributed by atoms with Gasteiger partial charge in [-0.3, -0.25) is 9.59 Å². The highest BCUT2D eigenvalue weighted by Gasteiger charge is 2.25. The van der Waals surface area contributed by atoms with Crippen molar-refractivity contribution in [3.8, 4) is 0 Å². The zero-order chi connectivity index (χ0) is 15.6. The first kappa shape index (κ1) is 15.7. The molecule has 0 saturated heterocycles. The first-order chi connectivity index (χ1) is 9.80. The Morgan fingerprint density at radius 2 is 1.71 bits per heavy atom. The summed E-state index contributed by atoms with van der Waals surface area (Å²) in [5.74, 6) is -0.606. The molecule has 2 amide bonds. The van der Waals surface area contributed by atoms with Gasteiger partial charge in [0.05, 0.1) is 10.7 Å². The molecule has 0 bridgehead atoms. The Morgan fingerprint density at radius 1 is 1.05 bits per heavy atom. The maximum absolute atomic E-state index is 12.6. The third-order valence-corrected chi connectivity index (χ3v) is 7.06. The van der Waals surface area contributed by atoms with Gasteiger partial charge in [0.2, 0.25) is 21.7 Å². The van der Waals surface area contributed by atoms with E-state index in [9.17, 15) is 18.0 Å². The molecule has 0 aromatic carbocycles. The fourth-order valence-corrected chi connectivity index (χ4v) is 5.74. The second-order valence-corrected chi connectivity index (χ2v) is 8.48. The lowest BCUT2D eigenvalue weighted by Gasteiger charge is -2.04. The third-order valence-electron chi connectivity index (χ3n) is 2.33. The smallest absolute Gasteiger partial charge is 0.227 e. The van der Waals surface area contributed by atoms with E-state index in [1.807, 2.05) is 0 Å². The van der Waals surface area contributed by atoms with E-state index in [4.69, 9.17) is 0 Å². The van der Waals surface area contributed by atoms with Crippen LogP contribution in [0.15, 0.2) is 32.0 Å². The summed E-state index contributed by atoms with van der Waals surface area (Å²) in [7, 11) is -3.72. The van der Waals surface area contributed by atoms with Crippen molar-refractivity contribution in [3.05, 3.63) is 23.6 Å². The Kier molecular flexibility index (Phi) is 4.45. The monoisotopic (exact) mass is 344 g/mol. The first-order valence-corrected chi connectivity index (χ1v) is 8.96. The maximum atomic E-state index is 12.6. The van der Waals surface area contributed by atoms with Gasteiger partial charge in [0, 0.05) is 13.8 Å². The Bertz CT molecular complexity index is 789. The van der Waals surface area contributed by atoms with Crippen LogP contribution in [0.4, 0.5) is 10.7 Å². The summed E-state index contributed by atoms with van der Waals surface area (Å²) in [4.78, 5) is 22.1. The molecule has 2 N–H and O–H groups in total. The molecule has 0 radical (unpaired) electrons. The van der Waals surface area contributed by atoms with E-state index in [0.29, 0.717) is 5.00 Å². The number of nitrogens with one attached hydrogen (secondary N) is 2. The molecule has 21 heavy (non-hydrogen) atoms. The van der Waals surface area contributed by atoms with Crippen LogP contribution in [0.25, 0.3) is 0 Å². The minimum absolute atomic E-state index is 0.0777. The molecule has 2 aromatic rings. The van der Waals surface area contributed by atoms with Gasteiger partial charge in [-0.05, 0) is 23.6 Å². The van der Waals surface area contributed by atoms with Gasteiger partial charge < -0.3 is 10.6 Å². The molecule has 9 heteroatoms. The Labute approximate surface area is 129 Å². The molecule has 0 atom stereocenters. The molecule has 0 fully saturated rings. The van der Waals surface area contributed by atoms with Crippen molar-refractivity contribution in [1.82, 2.24) is 0 Å². The van der Waals surface area contributed by atoms with E-state index in [2.05, 4.69) is 10.6 Å². The molecular weight excluding hydrogens is 332 g/mol. The molecule has 6 nitrogen and oxygen atoms in total. The standard InChI is InChI=1S/C12H12N2O4S3/c1-7(15)13-9-5-6-19-12(9)21(17,18)11-4-3-10(20-11)14-8(2)16/h3-6H,1-2H3,(H,13,15)(H,14,16). The minimum atomic E-state index is -3.72. The number of sulfone groups is 1. The SMILES string of the molecule is CC(=O)Nc1ccc(S(=O)(=O)c2sccc2NC(C)=O)s1. The van der Waals surface area contributed by atoms with Crippen LogP contribution in [-0.2, 0) is 19.4 Å². The number of carbonyl (C=O) groups is 2. The quantitative estimate of drug-likeness (QED) is 0.891. The number of anilines is 2. The van der Waals surface area contributed by atoms with Gasteiger partial charge in [-0.15, -0.1) is 22.7 Å².